The van der Waals surface area contributed by atoms with E-state index < -0.39 is 23.1 Å². The van der Waals surface area contributed by atoms with Crippen LogP contribution in [0, 0.1) is 16.8 Å². The van der Waals surface area contributed by atoms with Crippen LogP contribution in [0.25, 0.3) is 11.3 Å². The third-order valence-corrected chi connectivity index (χ3v) is 12.4. The first-order valence-electron chi connectivity index (χ1n) is 19.9. The Balaban J connectivity index is 0.000000227. The van der Waals surface area contributed by atoms with Gasteiger partial charge in [0.05, 0.1) is 23.4 Å². The molecule has 6 aromatic rings. The topological polar surface area (TPSA) is 98.3 Å². The average Bonchev–Trinajstić information content (AvgIpc) is 3.64. The minimum atomic E-state index is -1.01. The summed E-state index contributed by atoms with van der Waals surface area (Å²) < 4.78 is 2.56. The van der Waals surface area contributed by atoms with E-state index in [0.29, 0.717) is 6.42 Å². The smallest absolute Gasteiger partial charge is 0.313 e. The number of aromatic nitrogens is 1. The van der Waals surface area contributed by atoms with E-state index in [2.05, 4.69) is 53.3 Å². The number of thiazole rings is 1. The van der Waals surface area contributed by atoms with Crippen molar-refractivity contribution >= 4 is 35.7 Å². The molecule has 2 heterocycles. The van der Waals surface area contributed by atoms with Gasteiger partial charge in [0.25, 0.3) is 0 Å². The SMILES string of the molecule is CC(C)(C(=O)O)c1ccc(C(O)CCCN2CCC(C(O)(c3ccccc3)c3ccccc3)CC2)cc1.Cc1ccc(/C=N/n2c(-c3ccccc3)csc2=S)cc1. The lowest BCUT2D eigenvalue weighted by Crippen LogP contribution is -2.44. The van der Waals surface area contributed by atoms with E-state index in [1.54, 1.807) is 26.0 Å². The lowest BCUT2D eigenvalue weighted by atomic mass is 9.72. The number of hydrogen-bond acceptors (Lipinski definition) is 7. The first-order valence-corrected chi connectivity index (χ1v) is 21.2. The molecule has 3 N–H and O–H groups in total. The summed E-state index contributed by atoms with van der Waals surface area (Å²) in [5.41, 5.74) is 5.91. The van der Waals surface area contributed by atoms with Gasteiger partial charge in [0, 0.05) is 10.9 Å². The third kappa shape index (κ3) is 10.3. The Morgan fingerprint density at radius 2 is 1.38 bits per heavy atom. The van der Waals surface area contributed by atoms with E-state index in [-0.39, 0.29) is 5.92 Å². The molecule has 1 aliphatic rings. The Kier molecular flexibility index (Phi) is 14.4. The van der Waals surface area contributed by atoms with Gasteiger partial charge in [0.2, 0.25) is 0 Å². The fourth-order valence-electron chi connectivity index (χ4n) is 7.51. The van der Waals surface area contributed by atoms with Crippen molar-refractivity contribution in [3.05, 3.63) is 182 Å². The number of nitrogens with zero attached hydrogens (tertiary/aromatic N) is 3. The molecule has 0 aliphatic carbocycles. The number of carbonyl (C=O) groups is 1. The zero-order chi connectivity index (χ0) is 41.1. The van der Waals surface area contributed by atoms with Gasteiger partial charge in [-0.25, -0.2) is 4.68 Å². The highest BCUT2D eigenvalue weighted by atomic mass is 32.1. The largest absolute Gasteiger partial charge is 0.481 e. The zero-order valence-electron chi connectivity index (χ0n) is 33.4. The molecule has 0 radical (unpaired) electrons. The first kappa shape index (κ1) is 42.6. The number of hydrogen-bond donors (Lipinski definition) is 3. The van der Waals surface area contributed by atoms with Crippen molar-refractivity contribution in [1.82, 2.24) is 9.58 Å². The summed E-state index contributed by atoms with van der Waals surface area (Å²) in [4.78, 5) is 13.9. The standard InChI is InChI=1S/C32H39NO4.C17H14N2S2/c1-31(2,30(35)36)25-17-15-24(16-18-25)29(34)14-9-21-33-22-19-28(20-23-33)32(37,26-10-5-3-6-11-26)27-12-7-4-8-13-27;1-13-7-9-14(10-8-13)11-18-19-16(12-21-17(19)20)15-5-3-2-4-6-15/h3-8,10-13,15-18,28-29,34,37H,9,14,19-23H2,1-2H3,(H,35,36);2-12H,1H3/b;18-11+. The van der Waals surface area contributed by atoms with E-state index in [0.717, 1.165) is 81.9 Å². The summed E-state index contributed by atoms with van der Waals surface area (Å²) in [5, 5.41) is 38.7. The highest BCUT2D eigenvalue weighted by molar-refractivity contribution is 7.73. The van der Waals surface area contributed by atoms with Crippen molar-refractivity contribution in [3.8, 4) is 11.3 Å². The molecule has 1 fully saturated rings. The van der Waals surface area contributed by atoms with Crippen LogP contribution in [0.3, 0.4) is 0 Å². The van der Waals surface area contributed by atoms with E-state index in [1.165, 1.54) is 16.9 Å². The molecule has 300 valence electrons. The predicted molar refractivity (Wildman–Crippen MR) is 239 cm³/mol. The minimum Gasteiger partial charge on any atom is -0.481 e. The van der Waals surface area contributed by atoms with Gasteiger partial charge in [0.1, 0.15) is 5.60 Å². The number of likely N-dealkylation sites (tertiary alicyclic amines) is 1. The number of rotatable bonds is 13. The molecule has 0 spiro atoms. The van der Waals surface area contributed by atoms with Crippen LogP contribution >= 0.6 is 23.6 Å². The second-order valence-electron chi connectivity index (χ2n) is 15.5. The fourth-order valence-corrected chi connectivity index (χ4v) is 8.49. The number of carboxylic acid groups (broad SMARTS) is 1. The van der Waals surface area contributed by atoms with Crippen LogP contribution < -0.4 is 0 Å². The zero-order valence-corrected chi connectivity index (χ0v) is 35.1. The molecule has 0 amide bonds. The van der Waals surface area contributed by atoms with Crippen LogP contribution in [0.2, 0.25) is 0 Å². The maximum atomic E-state index is 12.1. The normalized spacial score (nSPS) is 14.5. The number of aliphatic carboxylic acids is 1. The highest BCUT2D eigenvalue weighted by Crippen LogP contribution is 2.42. The minimum absolute atomic E-state index is 0.132. The van der Waals surface area contributed by atoms with Gasteiger partial charge in [-0.15, -0.1) is 11.3 Å². The number of benzene rings is 5. The predicted octanol–water partition coefficient (Wildman–Crippen LogP) is 10.6. The molecule has 5 aromatic carbocycles. The molecule has 1 atom stereocenters. The Morgan fingerprint density at radius 1 is 0.828 bits per heavy atom. The van der Waals surface area contributed by atoms with Crippen LogP contribution in [-0.2, 0) is 15.8 Å². The Labute approximate surface area is 351 Å². The molecule has 1 saturated heterocycles. The lowest BCUT2D eigenvalue weighted by molar-refractivity contribution is -0.142. The summed E-state index contributed by atoms with van der Waals surface area (Å²) in [7, 11) is 0. The Morgan fingerprint density at radius 3 is 1.93 bits per heavy atom. The number of aliphatic hydroxyl groups is 2. The summed E-state index contributed by atoms with van der Waals surface area (Å²) in [5.74, 6) is -0.733. The van der Waals surface area contributed by atoms with E-state index in [9.17, 15) is 20.1 Å². The number of aryl methyl sites for hydroxylation is 1. The van der Waals surface area contributed by atoms with Gasteiger partial charge in [-0.1, -0.05) is 145 Å². The van der Waals surface area contributed by atoms with Crippen molar-refractivity contribution in [2.45, 2.75) is 63.6 Å². The molecule has 1 aromatic heterocycles. The van der Waals surface area contributed by atoms with Crippen LogP contribution in [0.4, 0.5) is 0 Å². The van der Waals surface area contributed by atoms with Crippen molar-refractivity contribution in [2.75, 3.05) is 19.6 Å². The number of piperidine rings is 1. The molecule has 58 heavy (non-hydrogen) atoms. The van der Waals surface area contributed by atoms with Crippen molar-refractivity contribution in [2.24, 2.45) is 11.0 Å². The molecule has 0 bridgehead atoms. The van der Waals surface area contributed by atoms with Crippen LogP contribution in [0.5, 0.6) is 0 Å². The fraction of sp³-hybridized carbons (Fsp3) is 0.286. The molecular weight excluding hydrogens is 759 g/mol. The van der Waals surface area contributed by atoms with Crippen molar-refractivity contribution < 1.29 is 20.1 Å². The van der Waals surface area contributed by atoms with Crippen LogP contribution in [-0.4, -0.2) is 56.7 Å². The van der Waals surface area contributed by atoms with Crippen LogP contribution in [0.1, 0.15) is 79.0 Å². The van der Waals surface area contributed by atoms with Gasteiger partial charge in [0.15, 0.2) is 3.95 Å². The van der Waals surface area contributed by atoms with Gasteiger partial charge >= 0.3 is 5.97 Å². The van der Waals surface area contributed by atoms with Gasteiger partial charge in [-0.3, -0.25) is 4.79 Å². The Bertz CT molecular complexity index is 2240. The van der Waals surface area contributed by atoms with Gasteiger partial charge < -0.3 is 20.2 Å². The average molecular weight is 812 g/mol. The molecule has 7 rings (SSSR count). The molecule has 0 saturated carbocycles. The molecule has 1 aliphatic heterocycles. The second kappa shape index (κ2) is 19.6. The third-order valence-electron chi connectivity index (χ3n) is 11.3. The number of aliphatic hydroxyl groups excluding tert-OH is 1. The molecule has 9 heteroatoms. The molecular formula is C49H53N3O4S2. The Hall–Kier alpha value is -5.03. The maximum absolute atomic E-state index is 12.1. The molecule has 7 nitrogen and oxygen atoms in total. The lowest BCUT2D eigenvalue weighted by Gasteiger charge is -2.42. The van der Waals surface area contributed by atoms with Gasteiger partial charge in [-0.2, -0.15) is 5.10 Å². The first-order chi connectivity index (χ1) is 28.0. The van der Waals surface area contributed by atoms with Gasteiger partial charge in [-0.05, 0) is 112 Å². The second-order valence-corrected chi connectivity index (χ2v) is 17.0. The summed E-state index contributed by atoms with van der Waals surface area (Å²) in [6.07, 6.45) is 4.61. The van der Waals surface area contributed by atoms with Crippen molar-refractivity contribution in [3.63, 3.8) is 0 Å². The quantitative estimate of drug-likeness (QED) is 0.0794. The summed E-state index contributed by atoms with van der Waals surface area (Å²) >= 11 is 6.90. The molecule has 1 unspecified atom stereocenters. The number of carboxylic acids is 1. The summed E-state index contributed by atoms with van der Waals surface area (Å²) in [6, 6.07) is 45.7. The summed E-state index contributed by atoms with van der Waals surface area (Å²) in [6.45, 7) is 8.19. The monoisotopic (exact) mass is 811 g/mol. The van der Waals surface area contributed by atoms with Crippen molar-refractivity contribution in [1.29, 1.82) is 0 Å². The maximum Gasteiger partial charge on any atom is 0.313 e. The van der Waals surface area contributed by atoms with E-state index in [1.807, 2.05) is 107 Å². The highest BCUT2D eigenvalue weighted by Gasteiger charge is 2.41. The van der Waals surface area contributed by atoms with E-state index >= 15 is 0 Å². The van der Waals surface area contributed by atoms with E-state index in [4.69, 9.17) is 12.2 Å². The van der Waals surface area contributed by atoms with Crippen LogP contribution in [0.15, 0.2) is 150 Å².